The Labute approximate surface area is 171 Å². The van der Waals surface area contributed by atoms with Crippen molar-refractivity contribution in [2.24, 2.45) is 5.92 Å². The van der Waals surface area contributed by atoms with Gasteiger partial charge in [0.25, 0.3) is 5.91 Å². The van der Waals surface area contributed by atoms with Gasteiger partial charge in [0, 0.05) is 70.5 Å². The van der Waals surface area contributed by atoms with Gasteiger partial charge in [-0.15, -0.1) is 0 Å². The lowest BCUT2D eigenvalue weighted by atomic mass is 9.87. The molecule has 2 amide bonds. The van der Waals surface area contributed by atoms with Crippen LogP contribution in [0.25, 0.3) is 0 Å². The minimum absolute atomic E-state index is 0.0801. The number of carbonyl (C=O) groups is 2. The zero-order chi connectivity index (χ0) is 19.8. The first-order valence-corrected chi connectivity index (χ1v) is 11.0. The fraction of sp³-hybridized carbons (Fsp3) is 0.762. The third-order valence-corrected chi connectivity index (χ3v) is 7.00. The van der Waals surface area contributed by atoms with Crippen molar-refractivity contribution >= 4 is 11.8 Å². The van der Waals surface area contributed by atoms with Gasteiger partial charge in [-0.05, 0) is 25.7 Å². The summed E-state index contributed by atoms with van der Waals surface area (Å²) in [4.78, 5) is 34.4. The van der Waals surface area contributed by atoms with Crippen LogP contribution >= 0.6 is 0 Å². The van der Waals surface area contributed by atoms with Crippen LogP contribution in [-0.2, 0) is 31.2 Å². The van der Waals surface area contributed by atoms with Gasteiger partial charge in [-0.2, -0.15) is 0 Å². The van der Waals surface area contributed by atoms with E-state index in [2.05, 4.69) is 9.55 Å². The molecule has 0 radical (unpaired) electrons. The van der Waals surface area contributed by atoms with Gasteiger partial charge >= 0.3 is 0 Å². The number of amides is 2. The molecule has 4 aliphatic heterocycles. The van der Waals surface area contributed by atoms with Crippen LogP contribution in [0.2, 0.25) is 0 Å². The first-order valence-electron chi connectivity index (χ1n) is 11.0. The second-order valence-corrected chi connectivity index (χ2v) is 8.75. The monoisotopic (exact) mass is 402 g/mol. The zero-order valence-corrected chi connectivity index (χ0v) is 16.9. The normalized spacial score (nSPS) is 27.2. The molecule has 1 aromatic rings. The number of imidazole rings is 1. The number of nitrogens with zero attached hydrogens (tertiary/aromatic N) is 4. The van der Waals surface area contributed by atoms with Gasteiger partial charge in [-0.25, -0.2) is 4.98 Å². The molecule has 29 heavy (non-hydrogen) atoms. The zero-order valence-electron chi connectivity index (χ0n) is 16.9. The standard InChI is InChI=1S/C21H30N4O4/c26-18(16-3-13-28-14-4-16)24-10-5-21(6-11-24)20-22-7-12-25(20)15-17(29-21)19(27)23-8-1-2-9-23/h7,12,16-17H,1-6,8-11,13-15H2/t17-/m1/s1. The van der Waals surface area contributed by atoms with E-state index in [1.165, 1.54) is 0 Å². The van der Waals surface area contributed by atoms with Crippen molar-refractivity contribution in [1.82, 2.24) is 19.4 Å². The third-order valence-electron chi connectivity index (χ3n) is 7.00. The van der Waals surface area contributed by atoms with Crippen LogP contribution in [0, 0.1) is 5.92 Å². The Morgan fingerprint density at radius 3 is 2.41 bits per heavy atom. The van der Waals surface area contributed by atoms with E-state index in [0.29, 0.717) is 45.7 Å². The molecule has 4 aliphatic rings. The predicted octanol–water partition coefficient (Wildman–Crippen LogP) is 1.15. The number of rotatable bonds is 2. The topological polar surface area (TPSA) is 76.9 Å². The molecule has 0 aromatic carbocycles. The molecule has 3 fully saturated rings. The fourth-order valence-corrected chi connectivity index (χ4v) is 5.30. The molecule has 0 N–H and O–H groups in total. The van der Waals surface area contributed by atoms with Gasteiger partial charge in [0.05, 0.1) is 6.54 Å². The molecule has 158 valence electrons. The summed E-state index contributed by atoms with van der Waals surface area (Å²) in [6.07, 6.45) is 8.42. The Kier molecular flexibility index (Phi) is 5.07. The van der Waals surface area contributed by atoms with Crippen LogP contribution in [0.4, 0.5) is 0 Å². The maximum Gasteiger partial charge on any atom is 0.253 e. The van der Waals surface area contributed by atoms with Crippen LogP contribution < -0.4 is 0 Å². The Morgan fingerprint density at radius 1 is 1.00 bits per heavy atom. The van der Waals surface area contributed by atoms with E-state index in [9.17, 15) is 9.59 Å². The van der Waals surface area contributed by atoms with E-state index in [1.807, 2.05) is 16.0 Å². The van der Waals surface area contributed by atoms with E-state index < -0.39 is 11.7 Å². The number of hydrogen-bond donors (Lipinski definition) is 0. The summed E-state index contributed by atoms with van der Waals surface area (Å²) in [6, 6.07) is 0. The second-order valence-electron chi connectivity index (χ2n) is 8.75. The molecule has 8 nitrogen and oxygen atoms in total. The van der Waals surface area contributed by atoms with Crippen molar-refractivity contribution in [2.75, 3.05) is 39.4 Å². The summed E-state index contributed by atoms with van der Waals surface area (Å²) in [5.74, 6) is 1.33. The van der Waals surface area contributed by atoms with Crippen LogP contribution in [0.15, 0.2) is 12.4 Å². The highest BCUT2D eigenvalue weighted by Gasteiger charge is 2.48. The highest BCUT2D eigenvalue weighted by atomic mass is 16.5. The van der Waals surface area contributed by atoms with Gasteiger partial charge in [-0.1, -0.05) is 0 Å². The molecule has 0 bridgehead atoms. The van der Waals surface area contributed by atoms with Crippen LogP contribution in [0.3, 0.4) is 0 Å². The molecular weight excluding hydrogens is 372 g/mol. The van der Waals surface area contributed by atoms with Crippen LogP contribution in [0.1, 0.15) is 44.3 Å². The lowest BCUT2D eigenvalue weighted by Crippen LogP contribution is -2.55. The Balaban J connectivity index is 1.30. The van der Waals surface area contributed by atoms with Gasteiger partial charge in [0.15, 0.2) is 6.10 Å². The summed E-state index contributed by atoms with van der Waals surface area (Å²) in [5.41, 5.74) is -0.575. The molecule has 1 spiro atoms. The largest absolute Gasteiger partial charge is 0.381 e. The summed E-state index contributed by atoms with van der Waals surface area (Å²) >= 11 is 0. The van der Waals surface area contributed by atoms with Gasteiger partial charge < -0.3 is 23.8 Å². The van der Waals surface area contributed by atoms with Crippen molar-refractivity contribution in [1.29, 1.82) is 0 Å². The van der Waals surface area contributed by atoms with Crippen LogP contribution in [0.5, 0.6) is 0 Å². The van der Waals surface area contributed by atoms with Crippen molar-refractivity contribution in [3.05, 3.63) is 18.2 Å². The lowest BCUT2D eigenvalue weighted by molar-refractivity contribution is -0.183. The molecule has 5 rings (SSSR count). The van der Waals surface area contributed by atoms with Crippen molar-refractivity contribution in [3.63, 3.8) is 0 Å². The summed E-state index contributed by atoms with van der Waals surface area (Å²) < 4.78 is 14.0. The van der Waals surface area contributed by atoms with Gasteiger partial charge in [0.1, 0.15) is 11.4 Å². The van der Waals surface area contributed by atoms with E-state index in [0.717, 1.165) is 44.6 Å². The number of piperidine rings is 1. The van der Waals surface area contributed by atoms with Crippen molar-refractivity contribution < 1.29 is 19.1 Å². The quantitative estimate of drug-likeness (QED) is 0.742. The maximum atomic E-state index is 13.0. The van der Waals surface area contributed by atoms with Crippen LogP contribution in [-0.4, -0.2) is 76.7 Å². The van der Waals surface area contributed by atoms with Crippen molar-refractivity contribution in [3.8, 4) is 0 Å². The smallest absolute Gasteiger partial charge is 0.253 e. The van der Waals surface area contributed by atoms with E-state index in [1.54, 1.807) is 6.20 Å². The second kappa shape index (κ2) is 7.72. The molecule has 1 aromatic heterocycles. The van der Waals surface area contributed by atoms with E-state index in [4.69, 9.17) is 9.47 Å². The highest BCUT2D eigenvalue weighted by Crippen LogP contribution is 2.41. The molecule has 3 saturated heterocycles. The highest BCUT2D eigenvalue weighted by molar-refractivity contribution is 5.81. The average molecular weight is 402 g/mol. The Hall–Kier alpha value is -1.93. The predicted molar refractivity (Wildman–Crippen MR) is 104 cm³/mol. The number of hydrogen-bond acceptors (Lipinski definition) is 5. The van der Waals surface area contributed by atoms with Gasteiger partial charge in [0.2, 0.25) is 5.91 Å². The molecular formula is C21H30N4O4. The molecule has 1 atom stereocenters. The Morgan fingerprint density at radius 2 is 1.69 bits per heavy atom. The number of ether oxygens (including phenoxy) is 2. The molecule has 0 saturated carbocycles. The lowest BCUT2D eigenvalue weighted by Gasteiger charge is -2.46. The molecule has 0 aliphatic carbocycles. The first kappa shape index (κ1) is 19.1. The number of likely N-dealkylation sites (tertiary alicyclic amines) is 2. The SMILES string of the molecule is O=C(C1CCOCC1)N1CCC2(CC1)O[C@@H](C(=O)N1CCCC1)Cn1ccnc12. The minimum Gasteiger partial charge on any atom is -0.381 e. The summed E-state index contributed by atoms with van der Waals surface area (Å²) in [6.45, 7) is 4.83. The van der Waals surface area contributed by atoms with Crippen molar-refractivity contribution in [2.45, 2.75) is 56.8 Å². The summed E-state index contributed by atoms with van der Waals surface area (Å²) in [7, 11) is 0. The fourth-order valence-electron chi connectivity index (χ4n) is 5.30. The van der Waals surface area contributed by atoms with Gasteiger partial charge in [-0.3, -0.25) is 9.59 Å². The molecule has 8 heteroatoms. The average Bonchev–Trinajstić information content (AvgIpc) is 3.46. The van der Waals surface area contributed by atoms with E-state index >= 15 is 0 Å². The maximum absolute atomic E-state index is 13.0. The minimum atomic E-state index is -0.575. The number of aromatic nitrogens is 2. The third kappa shape index (κ3) is 3.46. The molecule has 0 unspecified atom stereocenters. The first-order chi connectivity index (χ1) is 14.2. The summed E-state index contributed by atoms with van der Waals surface area (Å²) in [5, 5.41) is 0. The number of carbonyl (C=O) groups excluding carboxylic acids is 2. The van der Waals surface area contributed by atoms with E-state index in [-0.39, 0.29) is 17.7 Å². The number of fused-ring (bicyclic) bond motifs is 2. The Bertz CT molecular complexity index is 758. The molecule has 5 heterocycles.